The molecule has 8 nitrogen and oxygen atoms in total. The molecule has 30 heavy (non-hydrogen) atoms. The van der Waals surface area contributed by atoms with Gasteiger partial charge in [0, 0.05) is 18.7 Å². The summed E-state index contributed by atoms with van der Waals surface area (Å²) in [7, 11) is 2.81. The van der Waals surface area contributed by atoms with Gasteiger partial charge in [0.05, 0.1) is 19.1 Å². The summed E-state index contributed by atoms with van der Waals surface area (Å²) in [5.74, 6) is -0.529. The van der Waals surface area contributed by atoms with Gasteiger partial charge in [-0.2, -0.15) is 0 Å². The van der Waals surface area contributed by atoms with Crippen molar-refractivity contribution in [1.82, 2.24) is 4.90 Å². The number of amides is 1. The van der Waals surface area contributed by atoms with E-state index in [-0.39, 0.29) is 17.7 Å². The van der Waals surface area contributed by atoms with E-state index in [0.717, 1.165) is 16.7 Å². The number of nitro groups is 1. The van der Waals surface area contributed by atoms with Crippen molar-refractivity contribution >= 4 is 23.1 Å². The van der Waals surface area contributed by atoms with E-state index in [1.165, 1.54) is 24.1 Å². The Labute approximate surface area is 173 Å². The Balaban J connectivity index is 2.05. The van der Waals surface area contributed by atoms with Crippen LogP contribution in [0.2, 0.25) is 0 Å². The number of esters is 1. The highest BCUT2D eigenvalue weighted by Gasteiger charge is 2.38. The summed E-state index contributed by atoms with van der Waals surface area (Å²) >= 11 is 0. The molecule has 3 rings (SSSR count). The second kappa shape index (κ2) is 8.36. The lowest BCUT2D eigenvalue weighted by atomic mass is 10.0. The first-order chi connectivity index (χ1) is 14.3. The topological polar surface area (TPSA) is 99.0 Å². The summed E-state index contributed by atoms with van der Waals surface area (Å²) in [6.07, 6.45) is 1.80. The van der Waals surface area contributed by atoms with E-state index in [0.29, 0.717) is 11.3 Å². The standard InChI is InChI=1S/C22H22N2O6/c1-13-9-18(19(24(27)28)10-14(13)2)21(25)23-12-16(11-20(23)22(26)30-4)15-5-7-17(29-3)8-6-15/h5-10,12,20H,11H2,1-4H3/t20-/m0/s1. The van der Waals surface area contributed by atoms with Gasteiger partial charge in [-0.25, -0.2) is 4.79 Å². The Morgan fingerprint density at radius 3 is 2.30 bits per heavy atom. The normalized spacial score (nSPS) is 15.5. The number of rotatable bonds is 5. The Hall–Kier alpha value is -3.68. The zero-order valence-electron chi connectivity index (χ0n) is 17.2. The molecule has 0 saturated carbocycles. The lowest BCUT2D eigenvalue weighted by Gasteiger charge is -2.21. The average molecular weight is 410 g/mol. The van der Waals surface area contributed by atoms with Crippen LogP contribution in [0, 0.1) is 24.0 Å². The van der Waals surface area contributed by atoms with E-state index in [1.807, 2.05) is 12.1 Å². The van der Waals surface area contributed by atoms with Crippen molar-refractivity contribution in [3.8, 4) is 5.75 Å². The van der Waals surface area contributed by atoms with Crippen molar-refractivity contribution in [2.45, 2.75) is 26.3 Å². The van der Waals surface area contributed by atoms with Gasteiger partial charge in [0.15, 0.2) is 0 Å². The molecule has 1 heterocycles. The summed E-state index contributed by atoms with van der Waals surface area (Å²) in [6.45, 7) is 3.52. The molecule has 0 aliphatic carbocycles. The highest BCUT2D eigenvalue weighted by molar-refractivity contribution is 6.03. The first-order valence-corrected chi connectivity index (χ1v) is 9.28. The van der Waals surface area contributed by atoms with Crippen LogP contribution >= 0.6 is 0 Å². The van der Waals surface area contributed by atoms with Gasteiger partial charge >= 0.3 is 5.97 Å². The molecule has 1 atom stereocenters. The Kier molecular flexibility index (Phi) is 5.86. The van der Waals surface area contributed by atoms with Crippen LogP contribution in [0.1, 0.15) is 33.5 Å². The maximum absolute atomic E-state index is 13.3. The van der Waals surface area contributed by atoms with Crippen LogP contribution in [0.3, 0.4) is 0 Å². The van der Waals surface area contributed by atoms with Crippen molar-refractivity contribution in [1.29, 1.82) is 0 Å². The van der Waals surface area contributed by atoms with Crippen molar-refractivity contribution in [3.63, 3.8) is 0 Å². The molecule has 0 aromatic heterocycles. The third-order valence-electron chi connectivity index (χ3n) is 5.25. The van der Waals surface area contributed by atoms with Gasteiger partial charge in [0.2, 0.25) is 0 Å². The summed E-state index contributed by atoms with van der Waals surface area (Å²) in [4.78, 5) is 37.8. The Morgan fingerprint density at radius 1 is 1.10 bits per heavy atom. The third-order valence-corrected chi connectivity index (χ3v) is 5.25. The summed E-state index contributed by atoms with van der Waals surface area (Å²) in [5, 5.41) is 11.5. The van der Waals surface area contributed by atoms with E-state index in [2.05, 4.69) is 0 Å². The molecule has 0 N–H and O–H groups in total. The number of benzene rings is 2. The number of aryl methyl sites for hydroxylation is 2. The molecule has 1 amide bonds. The molecule has 0 saturated heterocycles. The SMILES string of the molecule is COC(=O)[C@@H]1CC(c2ccc(OC)cc2)=CN1C(=O)c1cc(C)c(C)cc1[N+](=O)[O-]. The zero-order chi connectivity index (χ0) is 22.0. The first-order valence-electron chi connectivity index (χ1n) is 9.28. The largest absolute Gasteiger partial charge is 0.497 e. The smallest absolute Gasteiger partial charge is 0.329 e. The second-order valence-corrected chi connectivity index (χ2v) is 7.05. The maximum Gasteiger partial charge on any atom is 0.329 e. The molecule has 0 spiro atoms. The molecule has 156 valence electrons. The lowest BCUT2D eigenvalue weighted by Crippen LogP contribution is -2.39. The molecule has 1 aliphatic rings. The first kappa shape index (κ1) is 21.0. The number of carbonyl (C=O) groups excluding carboxylic acids is 2. The number of hydrogen-bond donors (Lipinski definition) is 0. The molecule has 0 unspecified atom stereocenters. The highest BCUT2D eigenvalue weighted by Crippen LogP contribution is 2.34. The monoisotopic (exact) mass is 410 g/mol. The minimum absolute atomic E-state index is 0.0655. The molecule has 2 aromatic rings. The predicted octanol–water partition coefficient (Wildman–Crippen LogP) is 3.65. The van der Waals surface area contributed by atoms with Crippen LogP contribution in [0.4, 0.5) is 5.69 Å². The van der Waals surface area contributed by atoms with E-state index >= 15 is 0 Å². The fourth-order valence-corrected chi connectivity index (χ4v) is 3.41. The average Bonchev–Trinajstić information content (AvgIpc) is 3.19. The van der Waals surface area contributed by atoms with Crippen molar-refractivity contribution in [2.75, 3.05) is 14.2 Å². The van der Waals surface area contributed by atoms with Crippen LogP contribution in [0.15, 0.2) is 42.6 Å². The molecular formula is C22H22N2O6. The quantitative estimate of drug-likeness (QED) is 0.424. The third kappa shape index (κ3) is 3.89. The van der Waals surface area contributed by atoms with Gasteiger partial charge in [-0.1, -0.05) is 12.1 Å². The van der Waals surface area contributed by atoms with E-state index in [1.54, 1.807) is 39.3 Å². The van der Waals surface area contributed by atoms with E-state index in [4.69, 9.17) is 9.47 Å². The minimum Gasteiger partial charge on any atom is -0.497 e. The van der Waals surface area contributed by atoms with Crippen LogP contribution in [0.25, 0.3) is 5.57 Å². The van der Waals surface area contributed by atoms with Crippen molar-refractivity contribution in [2.24, 2.45) is 0 Å². The molecular weight excluding hydrogens is 388 g/mol. The Morgan fingerprint density at radius 2 is 1.73 bits per heavy atom. The van der Waals surface area contributed by atoms with Gasteiger partial charge < -0.3 is 9.47 Å². The number of nitrogens with zero attached hydrogens (tertiary/aromatic N) is 2. The molecule has 2 aromatic carbocycles. The predicted molar refractivity (Wildman–Crippen MR) is 110 cm³/mol. The molecule has 0 radical (unpaired) electrons. The molecule has 8 heteroatoms. The van der Waals surface area contributed by atoms with E-state index in [9.17, 15) is 19.7 Å². The molecule has 0 fully saturated rings. The maximum atomic E-state index is 13.3. The van der Waals surface area contributed by atoms with Gasteiger partial charge in [0.1, 0.15) is 17.4 Å². The van der Waals surface area contributed by atoms with E-state index < -0.39 is 22.8 Å². The van der Waals surface area contributed by atoms with Crippen LogP contribution in [0.5, 0.6) is 5.75 Å². The lowest BCUT2D eigenvalue weighted by molar-refractivity contribution is -0.385. The van der Waals surface area contributed by atoms with Gasteiger partial charge in [-0.15, -0.1) is 0 Å². The summed E-state index contributed by atoms with van der Waals surface area (Å²) < 4.78 is 10.0. The molecule has 0 bridgehead atoms. The second-order valence-electron chi connectivity index (χ2n) is 7.05. The van der Waals surface area contributed by atoms with Crippen LogP contribution in [-0.2, 0) is 9.53 Å². The van der Waals surface area contributed by atoms with Gasteiger partial charge in [-0.3, -0.25) is 19.8 Å². The molecule has 1 aliphatic heterocycles. The summed E-state index contributed by atoms with van der Waals surface area (Å²) in [6, 6.07) is 9.17. The fraction of sp³-hybridized carbons (Fsp3) is 0.273. The fourth-order valence-electron chi connectivity index (χ4n) is 3.41. The summed E-state index contributed by atoms with van der Waals surface area (Å²) in [5.41, 5.74) is 2.65. The van der Waals surface area contributed by atoms with Crippen LogP contribution in [-0.4, -0.2) is 42.0 Å². The van der Waals surface area contributed by atoms with Gasteiger partial charge in [-0.05, 0) is 54.3 Å². The van der Waals surface area contributed by atoms with Crippen molar-refractivity contribution in [3.05, 3.63) is 75.0 Å². The van der Waals surface area contributed by atoms with Gasteiger partial charge in [0.25, 0.3) is 11.6 Å². The number of ether oxygens (including phenoxy) is 2. The number of nitro benzene ring substituents is 1. The number of methoxy groups -OCH3 is 2. The zero-order valence-corrected chi connectivity index (χ0v) is 17.2. The minimum atomic E-state index is -0.902. The highest BCUT2D eigenvalue weighted by atomic mass is 16.6. The van der Waals surface area contributed by atoms with Crippen molar-refractivity contribution < 1.29 is 24.0 Å². The number of carbonyl (C=O) groups is 2. The number of hydrogen-bond acceptors (Lipinski definition) is 6. The van der Waals surface area contributed by atoms with Crippen LogP contribution < -0.4 is 4.74 Å². The Bertz CT molecular complexity index is 1040.